The molecule has 0 aromatic heterocycles. The first kappa shape index (κ1) is 21.2. The number of carbonyl (C=O) groups excluding carboxylic acids is 3. The lowest BCUT2D eigenvalue weighted by molar-refractivity contribution is -0.126. The van der Waals surface area contributed by atoms with Crippen LogP contribution in [0.1, 0.15) is 19.4 Å². The number of carbonyl (C=O) groups is 3. The largest absolute Gasteiger partial charge is 0.326 e. The Bertz CT molecular complexity index is 1160. The number of anilines is 2. The van der Waals surface area contributed by atoms with Gasteiger partial charge < -0.3 is 10.6 Å². The number of nitrogens with zero attached hydrogens (tertiary/aromatic N) is 1. The smallest absolute Gasteiger partial charge is 0.268 e. The van der Waals surface area contributed by atoms with Crippen molar-refractivity contribution in [3.63, 3.8) is 0 Å². The molecule has 1 aliphatic heterocycles. The summed E-state index contributed by atoms with van der Waals surface area (Å²) in [4.78, 5) is 35.6. The average molecular weight is 431 g/mol. The molecular formula is C20H18FN3O5S. The topological polar surface area (TPSA) is 113 Å². The van der Waals surface area contributed by atoms with Crippen LogP contribution in [0.25, 0.3) is 4.91 Å². The van der Waals surface area contributed by atoms with Gasteiger partial charge in [0.25, 0.3) is 15.9 Å². The van der Waals surface area contributed by atoms with E-state index < -0.39 is 34.2 Å². The summed E-state index contributed by atoms with van der Waals surface area (Å²) >= 11 is 0. The van der Waals surface area contributed by atoms with E-state index in [9.17, 15) is 27.2 Å². The van der Waals surface area contributed by atoms with Crippen molar-refractivity contribution in [1.29, 1.82) is 0 Å². The van der Waals surface area contributed by atoms with Gasteiger partial charge in [-0.05, 0) is 48.9 Å². The molecule has 0 saturated carbocycles. The van der Waals surface area contributed by atoms with Crippen LogP contribution in [0.5, 0.6) is 0 Å². The number of hydrogen-bond donors (Lipinski definition) is 2. The van der Waals surface area contributed by atoms with Gasteiger partial charge in [0.1, 0.15) is 17.3 Å². The quantitative estimate of drug-likeness (QED) is 0.755. The molecule has 156 valence electrons. The van der Waals surface area contributed by atoms with Crippen LogP contribution in [0.2, 0.25) is 0 Å². The predicted octanol–water partition coefficient (Wildman–Crippen LogP) is 2.33. The van der Waals surface area contributed by atoms with E-state index in [4.69, 9.17) is 0 Å². The van der Waals surface area contributed by atoms with Crippen LogP contribution in [0.15, 0.2) is 54.1 Å². The Morgan fingerprint density at radius 1 is 0.967 bits per heavy atom. The predicted molar refractivity (Wildman–Crippen MR) is 109 cm³/mol. The third-order valence-corrected chi connectivity index (χ3v) is 6.25. The number of sulfonamides is 1. The van der Waals surface area contributed by atoms with E-state index in [1.165, 1.54) is 38.1 Å². The highest BCUT2D eigenvalue weighted by molar-refractivity contribution is 7.99. The van der Waals surface area contributed by atoms with E-state index in [0.29, 0.717) is 15.7 Å². The monoisotopic (exact) mass is 431 g/mol. The Balaban J connectivity index is 1.75. The molecule has 0 saturated heterocycles. The van der Waals surface area contributed by atoms with E-state index in [0.717, 1.165) is 12.1 Å². The summed E-state index contributed by atoms with van der Waals surface area (Å²) < 4.78 is 39.4. The first-order valence-electron chi connectivity index (χ1n) is 8.81. The van der Waals surface area contributed by atoms with Gasteiger partial charge in [-0.2, -0.15) is 0 Å². The van der Waals surface area contributed by atoms with Crippen LogP contribution >= 0.6 is 0 Å². The SMILES string of the molecule is CC(=O)Nc1ccc(NC(=O)CN2C(=O)C(C)=C(c3ccc(F)cc3)S2(=O)=O)cc1. The second-order valence-corrected chi connectivity index (χ2v) is 8.38. The number of rotatable bonds is 5. The molecule has 0 unspecified atom stereocenters. The van der Waals surface area contributed by atoms with Gasteiger partial charge in [-0.15, -0.1) is 0 Å². The standard InChI is InChI=1S/C20H18FN3O5S/c1-12-19(14-3-5-15(21)6-4-14)30(28,29)24(20(12)27)11-18(26)23-17-9-7-16(8-10-17)22-13(2)25/h3-10H,11H2,1-2H3,(H,22,25)(H,23,26). The number of hydrogen-bond acceptors (Lipinski definition) is 5. The molecule has 0 radical (unpaired) electrons. The lowest BCUT2D eigenvalue weighted by atomic mass is 10.1. The Hall–Kier alpha value is -3.53. The van der Waals surface area contributed by atoms with Crippen molar-refractivity contribution in [2.75, 3.05) is 17.2 Å². The van der Waals surface area contributed by atoms with Crippen LogP contribution in [-0.4, -0.2) is 37.0 Å². The van der Waals surface area contributed by atoms with Crippen LogP contribution in [0, 0.1) is 5.82 Å². The number of amides is 3. The number of halogens is 1. The van der Waals surface area contributed by atoms with Crippen molar-refractivity contribution in [3.05, 3.63) is 65.5 Å². The van der Waals surface area contributed by atoms with E-state index in [-0.39, 0.29) is 21.9 Å². The summed E-state index contributed by atoms with van der Waals surface area (Å²) in [7, 11) is -4.27. The van der Waals surface area contributed by atoms with Crippen LogP contribution < -0.4 is 10.6 Å². The van der Waals surface area contributed by atoms with Crippen molar-refractivity contribution in [3.8, 4) is 0 Å². The average Bonchev–Trinajstić information content (AvgIpc) is 2.83. The van der Waals surface area contributed by atoms with E-state index in [1.54, 1.807) is 12.1 Å². The van der Waals surface area contributed by atoms with Crippen molar-refractivity contribution in [2.24, 2.45) is 0 Å². The van der Waals surface area contributed by atoms with E-state index in [2.05, 4.69) is 10.6 Å². The first-order valence-corrected chi connectivity index (χ1v) is 10.2. The van der Waals surface area contributed by atoms with Gasteiger partial charge in [0, 0.05) is 23.9 Å². The Morgan fingerprint density at radius 2 is 1.50 bits per heavy atom. The van der Waals surface area contributed by atoms with Crippen molar-refractivity contribution >= 4 is 44.0 Å². The van der Waals surface area contributed by atoms with Gasteiger partial charge >= 0.3 is 0 Å². The molecule has 0 bridgehead atoms. The van der Waals surface area contributed by atoms with Gasteiger partial charge in [-0.3, -0.25) is 14.4 Å². The van der Waals surface area contributed by atoms with Gasteiger partial charge in [0.15, 0.2) is 0 Å². The van der Waals surface area contributed by atoms with Crippen LogP contribution in [0.3, 0.4) is 0 Å². The maximum atomic E-state index is 13.2. The zero-order chi connectivity index (χ0) is 22.1. The first-order chi connectivity index (χ1) is 14.1. The zero-order valence-electron chi connectivity index (χ0n) is 16.1. The zero-order valence-corrected chi connectivity index (χ0v) is 16.9. The summed E-state index contributed by atoms with van der Waals surface area (Å²) in [6, 6.07) is 10.9. The normalized spacial score (nSPS) is 15.3. The van der Waals surface area contributed by atoms with Gasteiger partial charge in [-0.25, -0.2) is 17.1 Å². The summed E-state index contributed by atoms with van der Waals surface area (Å²) in [5.41, 5.74) is 1.01. The molecule has 10 heteroatoms. The fourth-order valence-electron chi connectivity index (χ4n) is 2.99. The molecule has 2 N–H and O–H groups in total. The molecule has 1 aliphatic rings. The summed E-state index contributed by atoms with van der Waals surface area (Å²) in [6.45, 7) is 1.99. The van der Waals surface area contributed by atoms with Crippen molar-refractivity contribution in [1.82, 2.24) is 4.31 Å². The minimum absolute atomic E-state index is 0.0472. The van der Waals surface area contributed by atoms with E-state index in [1.807, 2.05) is 0 Å². The Morgan fingerprint density at radius 3 is 2.03 bits per heavy atom. The molecule has 0 aliphatic carbocycles. The van der Waals surface area contributed by atoms with Crippen LogP contribution in [-0.2, 0) is 24.4 Å². The molecule has 0 atom stereocenters. The highest BCUT2D eigenvalue weighted by Crippen LogP contribution is 2.35. The number of nitrogens with one attached hydrogen (secondary N) is 2. The molecule has 2 aromatic carbocycles. The lowest BCUT2D eigenvalue weighted by Gasteiger charge is -2.16. The van der Waals surface area contributed by atoms with Crippen molar-refractivity contribution < 1.29 is 27.2 Å². The highest BCUT2D eigenvalue weighted by Gasteiger charge is 2.43. The van der Waals surface area contributed by atoms with Gasteiger partial charge in [-0.1, -0.05) is 12.1 Å². The van der Waals surface area contributed by atoms with Crippen LogP contribution in [0.4, 0.5) is 15.8 Å². The summed E-state index contributed by atoms with van der Waals surface area (Å²) in [5, 5.41) is 5.08. The van der Waals surface area contributed by atoms with E-state index >= 15 is 0 Å². The minimum Gasteiger partial charge on any atom is -0.326 e. The van der Waals surface area contributed by atoms with Gasteiger partial charge in [0.05, 0.1) is 0 Å². The molecule has 2 aromatic rings. The lowest BCUT2D eigenvalue weighted by Crippen LogP contribution is -2.38. The Kier molecular flexibility index (Phi) is 5.70. The third-order valence-electron chi connectivity index (χ3n) is 4.32. The van der Waals surface area contributed by atoms with Gasteiger partial charge in [0.2, 0.25) is 11.8 Å². The molecule has 3 rings (SSSR count). The molecular weight excluding hydrogens is 413 g/mol. The van der Waals surface area contributed by atoms with Crippen molar-refractivity contribution in [2.45, 2.75) is 13.8 Å². The molecule has 30 heavy (non-hydrogen) atoms. The molecule has 0 fully saturated rings. The maximum absolute atomic E-state index is 13.2. The fraction of sp³-hybridized carbons (Fsp3) is 0.150. The molecule has 1 heterocycles. The summed E-state index contributed by atoms with van der Waals surface area (Å²) in [5.74, 6) is -2.32. The highest BCUT2D eigenvalue weighted by atomic mass is 32.2. The molecule has 8 nitrogen and oxygen atoms in total. The summed E-state index contributed by atoms with van der Waals surface area (Å²) in [6.07, 6.45) is 0. The molecule has 3 amide bonds. The fourth-order valence-corrected chi connectivity index (χ4v) is 4.76. The second kappa shape index (κ2) is 8.07. The second-order valence-electron chi connectivity index (χ2n) is 6.58. The third kappa shape index (κ3) is 4.23. The Labute approximate surface area is 172 Å². The minimum atomic E-state index is -4.27. The molecule has 0 spiro atoms. The maximum Gasteiger partial charge on any atom is 0.268 e. The number of benzene rings is 2.